The average molecular weight is 1270 g/mol. The van der Waals surface area contributed by atoms with Crippen LogP contribution >= 0.6 is 15.9 Å². The van der Waals surface area contributed by atoms with Crippen LogP contribution < -0.4 is 4.74 Å². The van der Waals surface area contributed by atoms with E-state index in [4.69, 9.17) is 9.47 Å². The van der Waals surface area contributed by atoms with Gasteiger partial charge in [0.05, 0.1) is 6.10 Å². The van der Waals surface area contributed by atoms with Gasteiger partial charge in [0.1, 0.15) is 17.7 Å². The molecule has 11 nitrogen and oxygen atoms in total. The summed E-state index contributed by atoms with van der Waals surface area (Å²) in [7, 11) is 0. The Balaban J connectivity index is 0.000000148. The molecule has 4 aliphatic heterocycles. The molecule has 4 fully saturated rings. The number of carbonyl (C=O) groups excluding carboxylic acids is 3. The lowest BCUT2D eigenvalue weighted by Crippen LogP contribution is -2.43. The van der Waals surface area contributed by atoms with Crippen molar-refractivity contribution in [2.75, 3.05) is 52.4 Å². The van der Waals surface area contributed by atoms with Gasteiger partial charge in [-0.05, 0) is 189 Å². The second kappa shape index (κ2) is 32.2. The fourth-order valence-corrected chi connectivity index (χ4v) is 14.8. The number of rotatable bonds is 25. The monoisotopic (exact) mass is 1270 g/mol. The summed E-state index contributed by atoms with van der Waals surface area (Å²) in [6.07, 6.45) is 24.1. The number of Topliss-reactive ketones (excluding diaryl/α,β-unsaturated/α-hetero) is 3. The summed E-state index contributed by atoms with van der Waals surface area (Å²) in [6, 6.07) is 41.6. The number of fused-ring (bicyclic) bond motifs is 5. The fourth-order valence-electron chi connectivity index (χ4n) is 14.5. The number of nitrogens with zero attached hydrogens (tertiary/aromatic N) is 6. The van der Waals surface area contributed by atoms with Gasteiger partial charge in [0.2, 0.25) is 0 Å². The number of benzene rings is 5. The van der Waals surface area contributed by atoms with Crippen LogP contribution in [0.1, 0.15) is 161 Å². The number of hydrogen-bond acceptors (Lipinski definition) is 8. The largest absolute Gasteiger partial charge is 0.490 e. The van der Waals surface area contributed by atoms with Crippen LogP contribution in [0.2, 0.25) is 0 Å². The first-order chi connectivity index (χ1) is 43.3. The van der Waals surface area contributed by atoms with Crippen molar-refractivity contribution in [3.8, 4) is 5.75 Å². The Kier molecular flexibility index (Phi) is 23.8. The van der Waals surface area contributed by atoms with E-state index in [0.29, 0.717) is 18.4 Å². The Morgan fingerprint density at radius 2 is 1.08 bits per heavy atom. The molecule has 0 amide bonds. The third-order valence-corrected chi connectivity index (χ3v) is 19.5. The molecular formula is C76H96BrFN6O5. The molecule has 5 aromatic carbocycles. The molecule has 13 heteroatoms. The number of ketones is 3. The van der Waals surface area contributed by atoms with E-state index >= 15 is 0 Å². The maximum atomic E-state index is 13.1. The van der Waals surface area contributed by atoms with Crippen molar-refractivity contribution in [3.63, 3.8) is 0 Å². The number of aromatic nitrogens is 3. The van der Waals surface area contributed by atoms with Crippen LogP contribution in [0.3, 0.4) is 0 Å². The first-order valence-electron chi connectivity index (χ1n) is 33.5. The molecule has 3 aromatic heterocycles. The molecule has 0 spiro atoms. The summed E-state index contributed by atoms with van der Waals surface area (Å²) in [5.74, 6) is 2.27. The first-order valence-corrected chi connectivity index (χ1v) is 34.3. The van der Waals surface area contributed by atoms with Crippen LogP contribution in [0, 0.1) is 17.7 Å². The van der Waals surface area contributed by atoms with Gasteiger partial charge in [-0.25, -0.2) is 4.39 Å². The lowest BCUT2D eigenvalue weighted by molar-refractivity contribution is 0.00758. The van der Waals surface area contributed by atoms with Gasteiger partial charge in [0, 0.05) is 150 Å². The van der Waals surface area contributed by atoms with Gasteiger partial charge in [-0.3, -0.25) is 19.3 Å². The standard InChI is InChI=1S/C28H34N2O.C27H33FN2O2.C21H29BrN2O2/c1-21(31)27-20-29(28-11-6-5-10-26(27)28)16-7-17-30-24-14-15-25(30)19-23(18-24)13-12-22-8-3-2-4-9-22;1-20(2)18-27(31)25-19-30(26-7-4-3-6-24(25)26)15-5-14-29-16-12-23(13-17-29)32-22-10-8-21(28)9-11-22;1-3-13-26-18-7-11-23(12-8-18)9-4-10-24-15-20(16(2)25)19-14-17(22)5-6-21(19)24/h2-6,8-11,20,23-25H,7,12-19H2,1H3;3-4,6-11,19-20,23H,5,12-18H2,1-2H3;5-6,14-15,18H,3-4,7-13H2,1-2H3. The molecule has 2 bridgehead atoms. The Morgan fingerprint density at radius 3 is 1.64 bits per heavy atom. The van der Waals surface area contributed by atoms with Gasteiger partial charge in [0.15, 0.2) is 17.3 Å². The lowest BCUT2D eigenvalue weighted by Gasteiger charge is -2.39. The van der Waals surface area contributed by atoms with Crippen molar-refractivity contribution in [3.05, 3.63) is 172 Å². The van der Waals surface area contributed by atoms with E-state index < -0.39 is 0 Å². The molecule has 12 rings (SSSR count). The van der Waals surface area contributed by atoms with E-state index in [1.165, 1.54) is 68.3 Å². The van der Waals surface area contributed by atoms with E-state index in [0.717, 1.165) is 189 Å². The maximum Gasteiger partial charge on any atom is 0.165 e. The van der Waals surface area contributed by atoms with Crippen molar-refractivity contribution in [2.45, 2.75) is 175 Å². The smallest absolute Gasteiger partial charge is 0.165 e. The van der Waals surface area contributed by atoms with Gasteiger partial charge in [0.25, 0.3) is 0 Å². The number of halogens is 2. The molecule has 2 unspecified atom stereocenters. The quantitative estimate of drug-likeness (QED) is 0.0523. The van der Waals surface area contributed by atoms with Crippen LogP contribution in [-0.4, -0.2) is 122 Å². The van der Waals surface area contributed by atoms with Crippen molar-refractivity contribution >= 4 is 66.0 Å². The van der Waals surface area contributed by atoms with Gasteiger partial charge in [-0.1, -0.05) is 103 Å². The van der Waals surface area contributed by atoms with E-state index in [-0.39, 0.29) is 29.3 Å². The Morgan fingerprint density at radius 1 is 0.573 bits per heavy atom. The van der Waals surface area contributed by atoms with Crippen LogP contribution in [0.4, 0.5) is 4.39 Å². The van der Waals surface area contributed by atoms with Gasteiger partial charge < -0.3 is 33.0 Å². The molecule has 7 heterocycles. The van der Waals surface area contributed by atoms with E-state index in [1.807, 2.05) is 36.5 Å². The van der Waals surface area contributed by atoms with Crippen LogP contribution in [0.5, 0.6) is 5.75 Å². The number of likely N-dealkylation sites (tertiary alicyclic amines) is 2. The Bertz CT molecular complexity index is 3540. The molecule has 0 radical (unpaired) electrons. The van der Waals surface area contributed by atoms with Crippen molar-refractivity contribution in [1.29, 1.82) is 0 Å². The first kappa shape index (κ1) is 65.7. The van der Waals surface area contributed by atoms with E-state index in [2.05, 4.69) is 144 Å². The predicted octanol–water partition coefficient (Wildman–Crippen LogP) is 16.9. The third kappa shape index (κ3) is 17.8. The van der Waals surface area contributed by atoms with Crippen molar-refractivity contribution in [1.82, 2.24) is 28.4 Å². The summed E-state index contributed by atoms with van der Waals surface area (Å²) in [6.45, 7) is 21.0. The second-order valence-corrected chi connectivity index (χ2v) is 27.0. The highest BCUT2D eigenvalue weighted by Gasteiger charge is 2.40. The lowest BCUT2D eigenvalue weighted by atomic mass is 9.86. The minimum absolute atomic E-state index is 0.126. The summed E-state index contributed by atoms with van der Waals surface area (Å²) < 4.78 is 32.7. The molecule has 474 valence electrons. The summed E-state index contributed by atoms with van der Waals surface area (Å²) in [4.78, 5) is 44.6. The van der Waals surface area contributed by atoms with Gasteiger partial charge >= 0.3 is 0 Å². The van der Waals surface area contributed by atoms with Gasteiger partial charge in [-0.2, -0.15) is 0 Å². The molecule has 2 atom stereocenters. The van der Waals surface area contributed by atoms with E-state index in [1.54, 1.807) is 26.0 Å². The Labute approximate surface area is 537 Å². The number of carbonyl (C=O) groups is 3. The maximum absolute atomic E-state index is 13.1. The van der Waals surface area contributed by atoms with Gasteiger partial charge in [-0.15, -0.1) is 0 Å². The molecular weight excluding hydrogens is 1180 g/mol. The zero-order valence-electron chi connectivity index (χ0n) is 53.6. The highest BCUT2D eigenvalue weighted by molar-refractivity contribution is 9.10. The third-order valence-electron chi connectivity index (χ3n) is 19.0. The SMILES string of the molecule is CC(=O)c1cn(CCCN2C3CCC2CC(CCc2ccccc2)C3)c2ccccc12.CC(C)CC(=O)c1cn(CCCN2CCC(Oc3ccc(F)cc3)CC2)c2ccccc12.CCCOC1CCN(CCCn2cc(C(C)=O)c3cc(Br)ccc32)CC1. The van der Waals surface area contributed by atoms with Crippen LogP contribution in [0.15, 0.2) is 144 Å². The molecule has 8 aromatic rings. The van der Waals surface area contributed by atoms with Crippen LogP contribution in [-0.2, 0) is 30.8 Å². The molecule has 4 saturated heterocycles. The highest BCUT2D eigenvalue weighted by Crippen LogP contribution is 2.41. The van der Waals surface area contributed by atoms with Crippen molar-refractivity contribution in [2.24, 2.45) is 11.8 Å². The zero-order chi connectivity index (χ0) is 62.2. The summed E-state index contributed by atoms with van der Waals surface area (Å²) in [5.41, 5.74) is 7.49. The number of piperidine rings is 3. The second-order valence-electron chi connectivity index (χ2n) is 26.1. The number of para-hydroxylation sites is 2. The normalized spacial score (nSPS) is 18.5. The number of ether oxygens (including phenoxy) is 2. The minimum Gasteiger partial charge on any atom is -0.490 e. The predicted molar refractivity (Wildman–Crippen MR) is 364 cm³/mol. The van der Waals surface area contributed by atoms with Crippen LogP contribution in [0.25, 0.3) is 32.7 Å². The van der Waals surface area contributed by atoms with E-state index in [9.17, 15) is 18.8 Å². The number of hydrogen-bond donors (Lipinski definition) is 0. The minimum atomic E-state index is -0.237. The fraction of sp³-hybridized carbons (Fsp3) is 0.487. The average Bonchev–Trinajstić information content (AvgIpc) is 2.09. The summed E-state index contributed by atoms with van der Waals surface area (Å²) >= 11 is 3.51. The Hall–Kier alpha value is -6.22. The molecule has 0 aliphatic carbocycles. The highest BCUT2D eigenvalue weighted by atomic mass is 79.9. The summed E-state index contributed by atoms with van der Waals surface area (Å²) in [5, 5.41) is 3.20. The number of aryl methyl sites for hydroxylation is 4. The van der Waals surface area contributed by atoms with Crippen molar-refractivity contribution < 1.29 is 28.2 Å². The molecule has 89 heavy (non-hydrogen) atoms. The molecule has 0 N–H and O–H groups in total. The molecule has 0 saturated carbocycles. The zero-order valence-corrected chi connectivity index (χ0v) is 55.2. The topological polar surface area (TPSA) is 94.2 Å². The molecule has 4 aliphatic rings.